The van der Waals surface area contributed by atoms with Gasteiger partial charge in [-0.25, -0.2) is 0 Å². The molecule has 0 spiro atoms. The number of halogens is 1. The van der Waals surface area contributed by atoms with Gasteiger partial charge in [0.2, 0.25) is 11.8 Å². The second-order valence-electron chi connectivity index (χ2n) is 6.24. The second kappa shape index (κ2) is 8.86. The van der Waals surface area contributed by atoms with Gasteiger partial charge in [0.05, 0.1) is 0 Å². The standard InChI is InChI=1S/C21H25ClN2O2/c1-5-16-8-7-9-17(6-2)21(16)23-20(26)13-24(15(4)25)19-12-18(22)11-10-14(19)3/h7-12H,5-6,13H2,1-4H3,(H,23,26). The van der Waals surface area contributed by atoms with Crippen molar-refractivity contribution in [3.8, 4) is 0 Å². The lowest BCUT2D eigenvalue weighted by Crippen LogP contribution is -2.37. The molecule has 138 valence electrons. The van der Waals surface area contributed by atoms with Gasteiger partial charge in [0.25, 0.3) is 0 Å². The lowest BCUT2D eigenvalue weighted by molar-refractivity contribution is -0.120. The number of amides is 2. The lowest BCUT2D eigenvalue weighted by atomic mass is 10.0. The van der Waals surface area contributed by atoms with E-state index >= 15 is 0 Å². The fraction of sp³-hybridized carbons (Fsp3) is 0.333. The van der Waals surface area contributed by atoms with E-state index in [0.717, 1.165) is 35.2 Å². The highest BCUT2D eigenvalue weighted by molar-refractivity contribution is 6.31. The van der Waals surface area contributed by atoms with Crippen LogP contribution in [0.15, 0.2) is 36.4 Å². The average molecular weight is 373 g/mol. The van der Waals surface area contributed by atoms with Crippen molar-refractivity contribution in [1.82, 2.24) is 0 Å². The number of benzene rings is 2. The summed E-state index contributed by atoms with van der Waals surface area (Å²) in [5.74, 6) is -0.430. The number of nitrogens with zero attached hydrogens (tertiary/aromatic N) is 1. The summed E-state index contributed by atoms with van der Waals surface area (Å²) >= 11 is 6.07. The zero-order valence-electron chi connectivity index (χ0n) is 15.7. The van der Waals surface area contributed by atoms with Gasteiger partial charge in [-0.15, -0.1) is 0 Å². The van der Waals surface area contributed by atoms with E-state index < -0.39 is 0 Å². The first kappa shape index (κ1) is 20.0. The maximum absolute atomic E-state index is 12.7. The molecular formula is C21H25ClN2O2. The van der Waals surface area contributed by atoms with E-state index in [1.165, 1.54) is 11.8 Å². The molecule has 1 N–H and O–H groups in total. The van der Waals surface area contributed by atoms with Crippen molar-refractivity contribution < 1.29 is 9.59 Å². The Balaban J connectivity index is 2.27. The van der Waals surface area contributed by atoms with Crippen LogP contribution in [-0.4, -0.2) is 18.4 Å². The molecule has 5 heteroatoms. The summed E-state index contributed by atoms with van der Waals surface area (Å²) in [7, 11) is 0. The molecule has 0 aliphatic carbocycles. The van der Waals surface area contributed by atoms with E-state index in [0.29, 0.717) is 10.7 Å². The second-order valence-corrected chi connectivity index (χ2v) is 6.68. The number of rotatable bonds is 6. The van der Waals surface area contributed by atoms with Crippen LogP contribution in [0.3, 0.4) is 0 Å². The molecule has 0 saturated heterocycles. The third-order valence-corrected chi connectivity index (χ3v) is 4.64. The summed E-state index contributed by atoms with van der Waals surface area (Å²) in [5, 5.41) is 3.53. The Labute approximate surface area is 160 Å². The Kier molecular flexibility index (Phi) is 6.81. The number of hydrogen-bond acceptors (Lipinski definition) is 2. The normalized spacial score (nSPS) is 10.5. The van der Waals surface area contributed by atoms with Crippen molar-refractivity contribution in [2.75, 3.05) is 16.8 Å². The van der Waals surface area contributed by atoms with Gasteiger partial charge in [0.15, 0.2) is 0 Å². The third kappa shape index (κ3) is 4.64. The van der Waals surface area contributed by atoms with Crippen LogP contribution < -0.4 is 10.2 Å². The molecule has 0 unspecified atom stereocenters. The number of carbonyl (C=O) groups is 2. The first-order valence-electron chi connectivity index (χ1n) is 8.82. The molecule has 0 fully saturated rings. The van der Waals surface area contributed by atoms with E-state index in [9.17, 15) is 9.59 Å². The summed E-state index contributed by atoms with van der Waals surface area (Å²) in [5.41, 5.74) is 4.58. The molecule has 2 aromatic carbocycles. The smallest absolute Gasteiger partial charge is 0.244 e. The van der Waals surface area contributed by atoms with Crippen LogP contribution in [0.2, 0.25) is 5.02 Å². The average Bonchev–Trinajstić information content (AvgIpc) is 2.61. The molecule has 0 aromatic heterocycles. The quantitative estimate of drug-likeness (QED) is 0.794. The highest BCUT2D eigenvalue weighted by Gasteiger charge is 2.19. The molecule has 0 bridgehead atoms. The summed E-state index contributed by atoms with van der Waals surface area (Å²) in [6.07, 6.45) is 1.65. The minimum absolute atomic E-state index is 0.0578. The van der Waals surface area contributed by atoms with Crippen LogP contribution in [0.4, 0.5) is 11.4 Å². The Morgan fingerprint density at radius 2 is 1.69 bits per heavy atom. The van der Waals surface area contributed by atoms with E-state index in [4.69, 9.17) is 11.6 Å². The molecule has 26 heavy (non-hydrogen) atoms. The van der Waals surface area contributed by atoms with Gasteiger partial charge >= 0.3 is 0 Å². The molecule has 0 aliphatic heterocycles. The van der Waals surface area contributed by atoms with Crippen LogP contribution in [-0.2, 0) is 22.4 Å². The molecule has 2 rings (SSSR count). The molecule has 2 amide bonds. The van der Waals surface area contributed by atoms with Crippen molar-refractivity contribution in [2.45, 2.75) is 40.5 Å². The monoisotopic (exact) mass is 372 g/mol. The molecule has 0 heterocycles. The fourth-order valence-electron chi connectivity index (χ4n) is 2.97. The number of carbonyl (C=O) groups excluding carboxylic acids is 2. The van der Waals surface area contributed by atoms with Crippen LogP contribution in [0.25, 0.3) is 0 Å². The van der Waals surface area contributed by atoms with Gasteiger partial charge < -0.3 is 10.2 Å². The van der Waals surface area contributed by atoms with Crippen molar-refractivity contribution in [3.05, 3.63) is 58.1 Å². The van der Waals surface area contributed by atoms with Crippen LogP contribution in [0.5, 0.6) is 0 Å². The molecule has 2 aromatic rings. The van der Waals surface area contributed by atoms with Gasteiger partial charge in [0, 0.05) is 23.3 Å². The maximum atomic E-state index is 12.7. The zero-order chi connectivity index (χ0) is 19.3. The Bertz CT molecular complexity index is 795. The SMILES string of the molecule is CCc1cccc(CC)c1NC(=O)CN(C(C)=O)c1cc(Cl)ccc1C. The largest absolute Gasteiger partial charge is 0.324 e. The molecular weight excluding hydrogens is 348 g/mol. The van der Waals surface area contributed by atoms with Crippen LogP contribution in [0.1, 0.15) is 37.5 Å². The van der Waals surface area contributed by atoms with Gasteiger partial charge in [0.1, 0.15) is 6.54 Å². The molecule has 0 saturated carbocycles. The van der Waals surface area contributed by atoms with Gasteiger partial charge in [-0.1, -0.05) is 49.7 Å². The Hall–Kier alpha value is -2.33. The molecule has 0 atom stereocenters. The summed E-state index contributed by atoms with van der Waals surface area (Å²) < 4.78 is 0. The van der Waals surface area contributed by atoms with Crippen molar-refractivity contribution in [3.63, 3.8) is 0 Å². The number of nitrogens with one attached hydrogen (secondary N) is 1. The lowest BCUT2D eigenvalue weighted by Gasteiger charge is -2.23. The number of hydrogen-bond donors (Lipinski definition) is 1. The van der Waals surface area contributed by atoms with Crippen LogP contribution in [0, 0.1) is 6.92 Å². The fourth-order valence-corrected chi connectivity index (χ4v) is 3.13. The minimum atomic E-state index is -0.227. The van der Waals surface area contributed by atoms with Gasteiger partial charge in [-0.3, -0.25) is 9.59 Å². The minimum Gasteiger partial charge on any atom is -0.324 e. The zero-order valence-corrected chi connectivity index (χ0v) is 16.5. The maximum Gasteiger partial charge on any atom is 0.244 e. The van der Waals surface area contributed by atoms with Crippen molar-refractivity contribution >= 4 is 34.8 Å². The predicted octanol–water partition coefficient (Wildman–Crippen LogP) is 4.76. The summed E-state index contributed by atoms with van der Waals surface area (Å²) in [6.45, 7) is 7.40. The van der Waals surface area contributed by atoms with Crippen molar-refractivity contribution in [1.29, 1.82) is 0 Å². The number of aryl methyl sites for hydroxylation is 3. The molecule has 0 radical (unpaired) electrons. The first-order valence-corrected chi connectivity index (χ1v) is 9.20. The molecule has 4 nitrogen and oxygen atoms in total. The third-order valence-electron chi connectivity index (χ3n) is 4.41. The van der Waals surface area contributed by atoms with Crippen molar-refractivity contribution in [2.24, 2.45) is 0 Å². The first-order chi connectivity index (χ1) is 12.4. The van der Waals surface area contributed by atoms with Crippen LogP contribution >= 0.6 is 11.6 Å². The Morgan fingerprint density at radius 1 is 1.08 bits per heavy atom. The number of anilines is 2. The van der Waals surface area contributed by atoms with E-state index in [2.05, 4.69) is 19.2 Å². The highest BCUT2D eigenvalue weighted by Crippen LogP contribution is 2.26. The topological polar surface area (TPSA) is 49.4 Å². The van der Waals surface area contributed by atoms with E-state index in [1.54, 1.807) is 12.1 Å². The van der Waals surface area contributed by atoms with E-state index in [1.807, 2.05) is 31.2 Å². The number of para-hydroxylation sites is 1. The van der Waals surface area contributed by atoms with Gasteiger partial charge in [-0.05, 0) is 48.6 Å². The summed E-state index contributed by atoms with van der Waals surface area (Å²) in [6, 6.07) is 11.3. The highest BCUT2D eigenvalue weighted by atomic mass is 35.5. The summed E-state index contributed by atoms with van der Waals surface area (Å²) in [4.78, 5) is 26.3. The van der Waals surface area contributed by atoms with E-state index in [-0.39, 0.29) is 18.4 Å². The molecule has 0 aliphatic rings. The van der Waals surface area contributed by atoms with Gasteiger partial charge in [-0.2, -0.15) is 0 Å². The predicted molar refractivity (Wildman–Crippen MR) is 108 cm³/mol. The Morgan fingerprint density at radius 3 is 2.23 bits per heavy atom.